The number of benzene rings is 1. The number of ether oxygens (including phenoxy) is 2. The van der Waals surface area contributed by atoms with Gasteiger partial charge in [-0.05, 0) is 31.5 Å². The van der Waals surface area contributed by atoms with E-state index in [1.807, 2.05) is 31.2 Å². The van der Waals surface area contributed by atoms with Crippen LogP contribution in [0.1, 0.15) is 23.0 Å². The van der Waals surface area contributed by atoms with E-state index in [1.54, 1.807) is 13.0 Å². The maximum Gasteiger partial charge on any atom is 0.405 e. The SMILES string of the molecule is CCOC(=O)c1ccc(Oc2ccccc2C)c[n+]1[O-]. The van der Waals surface area contributed by atoms with E-state index < -0.39 is 5.97 Å². The summed E-state index contributed by atoms with van der Waals surface area (Å²) in [4.78, 5) is 11.5. The number of aryl methyl sites for hydroxylation is 1. The van der Waals surface area contributed by atoms with E-state index in [2.05, 4.69) is 0 Å². The minimum Gasteiger partial charge on any atom is -0.618 e. The normalized spacial score (nSPS) is 10.1. The van der Waals surface area contributed by atoms with E-state index in [9.17, 15) is 10.0 Å². The summed E-state index contributed by atoms with van der Waals surface area (Å²) in [5, 5.41) is 11.8. The summed E-state index contributed by atoms with van der Waals surface area (Å²) in [6.45, 7) is 3.82. The predicted molar refractivity (Wildman–Crippen MR) is 72.6 cm³/mol. The molecule has 1 aromatic carbocycles. The van der Waals surface area contributed by atoms with Crippen molar-refractivity contribution in [1.29, 1.82) is 0 Å². The van der Waals surface area contributed by atoms with Crippen LogP contribution in [0.2, 0.25) is 0 Å². The van der Waals surface area contributed by atoms with E-state index in [0.29, 0.717) is 16.2 Å². The summed E-state index contributed by atoms with van der Waals surface area (Å²) in [6, 6.07) is 10.4. The van der Waals surface area contributed by atoms with Gasteiger partial charge in [-0.3, -0.25) is 0 Å². The Bertz CT molecular complexity index is 625. The molecule has 0 spiro atoms. The fraction of sp³-hybridized carbons (Fsp3) is 0.200. The molecule has 0 saturated carbocycles. The molecular weight excluding hydrogens is 258 g/mol. The highest BCUT2D eigenvalue weighted by molar-refractivity contribution is 5.85. The molecule has 0 radical (unpaired) electrons. The van der Waals surface area contributed by atoms with Gasteiger partial charge in [-0.1, -0.05) is 18.2 Å². The number of carbonyl (C=O) groups is 1. The number of esters is 1. The van der Waals surface area contributed by atoms with Crippen LogP contribution in [0, 0.1) is 12.1 Å². The first kappa shape index (κ1) is 13.9. The highest BCUT2D eigenvalue weighted by atomic mass is 16.5. The molecule has 0 saturated heterocycles. The van der Waals surface area contributed by atoms with Crippen molar-refractivity contribution in [3.05, 3.63) is 59.1 Å². The lowest BCUT2D eigenvalue weighted by molar-refractivity contribution is -0.608. The van der Waals surface area contributed by atoms with Crippen molar-refractivity contribution in [1.82, 2.24) is 0 Å². The zero-order valence-corrected chi connectivity index (χ0v) is 11.3. The Morgan fingerprint density at radius 3 is 2.65 bits per heavy atom. The van der Waals surface area contributed by atoms with Crippen molar-refractivity contribution in [2.24, 2.45) is 0 Å². The molecule has 0 aliphatic carbocycles. The first-order chi connectivity index (χ1) is 9.61. The zero-order chi connectivity index (χ0) is 14.5. The molecule has 20 heavy (non-hydrogen) atoms. The molecule has 2 rings (SSSR count). The maximum atomic E-state index is 11.8. The van der Waals surface area contributed by atoms with Gasteiger partial charge in [0, 0.05) is 6.07 Å². The molecule has 5 nitrogen and oxygen atoms in total. The summed E-state index contributed by atoms with van der Waals surface area (Å²) < 4.78 is 10.8. The lowest BCUT2D eigenvalue weighted by Gasteiger charge is -2.09. The largest absolute Gasteiger partial charge is 0.618 e. The van der Waals surface area contributed by atoms with E-state index in [4.69, 9.17) is 9.47 Å². The molecule has 0 atom stereocenters. The standard InChI is InChI=1S/C15H15NO4/c1-3-19-15(17)13-9-8-12(10-16(13)18)20-14-7-5-4-6-11(14)2/h4-10H,3H2,1-2H3. The van der Waals surface area contributed by atoms with Crippen molar-refractivity contribution in [3.8, 4) is 11.5 Å². The van der Waals surface area contributed by atoms with Crippen LogP contribution in [0.3, 0.4) is 0 Å². The van der Waals surface area contributed by atoms with Crippen molar-refractivity contribution < 1.29 is 19.0 Å². The lowest BCUT2D eigenvalue weighted by Crippen LogP contribution is -2.34. The first-order valence-corrected chi connectivity index (χ1v) is 6.25. The second-order valence-electron chi connectivity index (χ2n) is 4.16. The molecule has 104 valence electrons. The van der Waals surface area contributed by atoms with Crippen LogP contribution in [0.4, 0.5) is 0 Å². The number of carbonyl (C=O) groups excluding carboxylic acids is 1. The van der Waals surface area contributed by atoms with Crippen LogP contribution >= 0.6 is 0 Å². The molecule has 0 amide bonds. The fourth-order valence-electron chi connectivity index (χ4n) is 1.68. The monoisotopic (exact) mass is 273 g/mol. The molecule has 1 aromatic heterocycles. The van der Waals surface area contributed by atoms with Gasteiger partial charge in [0.05, 0.1) is 6.61 Å². The van der Waals surface area contributed by atoms with E-state index in [1.165, 1.54) is 12.3 Å². The third-order valence-corrected chi connectivity index (χ3v) is 2.69. The minimum absolute atomic E-state index is 0.0658. The quantitative estimate of drug-likeness (QED) is 0.488. The van der Waals surface area contributed by atoms with Gasteiger partial charge in [0.25, 0.3) is 0 Å². The molecule has 2 aromatic rings. The predicted octanol–water partition coefficient (Wildman–Crippen LogP) is 2.60. The Kier molecular flexibility index (Phi) is 4.20. The van der Waals surface area contributed by atoms with Gasteiger partial charge >= 0.3 is 11.7 Å². The summed E-state index contributed by atoms with van der Waals surface area (Å²) in [7, 11) is 0. The van der Waals surface area contributed by atoms with Crippen molar-refractivity contribution >= 4 is 5.97 Å². The van der Waals surface area contributed by atoms with Crippen molar-refractivity contribution in [2.45, 2.75) is 13.8 Å². The van der Waals surface area contributed by atoms with E-state index >= 15 is 0 Å². The van der Waals surface area contributed by atoms with Gasteiger partial charge < -0.3 is 14.7 Å². The highest BCUT2D eigenvalue weighted by Gasteiger charge is 2.18. The van der Waals surface area contributed by atoms with Gasteiger partial charge in [0.2, 0.25) is 6.20 Å². The third kappa shape index (κ3) is 3.06. The summed E-state index contributed by atoms with van der Waals surface area (Å²) in [5.41, 5.74) is 0.892. The number of rotatable bonds is 4. The van der Waals surface area contributed by atoms with Gasteiger partial charge in [-0.25, -0.2) is 4.79 Å². The average molecular weight is 273 g/mol. The van der Waals surface area contributed by atoms with E-state index in [-0.39, 0.29) is 12.3 Å². The summed E-state index contributed by atoms with van der Waals surface area (Å²) >= 11 is 0. The van der Waals surface area contributed by atoms with Gasteiger partial charge in [0.15, 0.2) is 5.75 Å². The van der Waals surface area contributed by atoms with Gasteiger partial charge in [0.1, 0.15) is 5.75 Å². The number of hydrogen-bond donors (Lipinski definition) is 0. The van der Waals surface area contributed by atoms with Crippen LogP contribution in [0.5, 0.6) is 11.5 Å². The minimum atomic E-state index is -0.648. The molecule has 0 aliphatic rings. The Labute approximate surface area is 117 Å². The Morgan fingerprint density at radius 1 is 1.25 bits per heavy atom. The number of aromatic nitrogens is 1. The number of nitrogens with zero attached hydrogens (tertiary/aromatic N) is 1. The Morgan fingerprint density at radius 2 is 2.00 bits per heavy atom. The number of hydrogen-bond acceptors (Lipinski definition) is 4. The molecule has 0 fully saturated rings. The van der Waals surface area contributed by atoms with Gasteiger partial charge in [-0.2, -0.15) is 4.73 Å². The van der Waals surface area contributed by atoms with Crippen LogP contribution < -0.4 is 9.47 Å². The highest BCUT2D eigenvalue weighted by Crippen LogP contribution is 2.23. The van der Waals surface area contributed by atoms with E-state index in [0.717, 1.165) is 5.56 Å². The Balaban J connectivity index is 2.21. The third-order valence-electron chi connectivity index (χ3n) is 2.69. The van der Waals surface area contributed by atoms with Crippen LogP contribution in [0.25, 0.3) is 0 Å². The van der Waals surface area contributed by atoms with Gasteiger partial charge in [-0.15, -0.1) is 0 Å². The topological polar surface area (TPSA) is 62.5 Å². The zero-order valence-electron chi connectivity index (χ0n) is 11.3. The first-order valence-electron chi connectivity index (χ1n) is 6.25. The number of para-hydroxylation sites is 1. The molecule has 0 bridgehead atoms. The van der Waals surface area contributed by atoms with Crippen LogP contribution in [-0.4, -0.2) is 12.6 Å². The molecule has 0 unspecified atom stereocenters. The maximum absolute atomic E-state index is 11.8. The fourth-order valence-corrected chi connectivity index (χ4v) is 1.68. The second kappa shape index (κ2) is 6.06. The smallest absolute Gasteiger partial charge is 0.405 e. The molecule has 5 heteroatoms. The Hall–Kier alpha value is -2.56. The van der Waals surface area contributed by atoms with Crippen molar-refractivity contribution in [2.75, 3.05) is 6.61 Å². The van der Waals surface area contributed by atoms with Crippen LogP contribution in [-0.2, 0) is 4.74 Å². The second-order valence-corrected chi connectivity index (χ2v) is 4.16. The number of pyridine rings is 1. The molecule has 0 N–H and O–H groups in total. The molecule has 1 heterocycles. The van der Waals surface area contributed by atoms with Crippen LogP contribution in [0.15, 0.2) is 42.6 Å². The molecule has 0 aliphatic heterocycles. The summed E-state index contributed by atoms with van der Waals surface area (Å²) in [6.07, 6.45) is 1.21. The lowest BCUT2D eigenvalue weighted by atomic mass is 10.2. The average Bonchev–Trinajstić information content (AvgIpc) is 2.42. The molecular formula is C15H15NO4. The van der Waals surface area contributed by atoms with Crippen molar-refractivity contribution in [3.63, 3.8) is 0 Å². The summed E-state index contributed by atoms with van der Waals surface area (Å²) in [5.74, 6) is 0.378.